The molecule has 176 valence electrons. The summed E-state index contributed by atoms with van der Waals surface area (Å²) in [6.07, 6.45) is 17.8. The van der Waals surface area contributed by atoms with Crippen molar-refractivity contribution in [2.45, 2.75) is 111 Å². The van der Waals surface area contributed by atoms with Crippen molar-refractivity contribution in [3.05, 3.63) is 11.6 Å². The maximum Gasteiger partial charge on any atom is 0.0634 e. The Balaban J connectivity index is 1.36. The Kier molecular flexibility index (Phi) is 5.70. The van der Waals surface area contributed by atoms with Gasteiger partial charge in [-0.2, -0.15) is 0 Å². The summed E-state index contributed by atoms with van der Waals surface area (Å²) in [5.41, 5.74) is 2.63. The van der Waals surface area contributed by atoms with Gasteiger partial charge >= 0.3 is 0 Å². The first-order valence-corrected chi connectivity index (χ1v) is 13.8. The minimum atomic E-state index is -0.0794. The average Bonchev–Trinajstić information content (AvgIpc) is 3.44. The average molecular weight is 429 g/mol. The van der Waals surface area contributed by atoms with Gasteiger partial charge in [0, 0.05) is 12.0 Å². The number of aliphatic hydroxyl groups is 2. The molecular formula is C29H48O2. The van der Waals surface area contributed by atoms with E-state index < -0.39 is 0 Å². The summed E-state index contributed by atoms with van der Waals surface area (Å²) in [5.74, 6) is 4.50. The van der Waals surface area contributed by atoms with E-state index in [1.165, 1.54) is 70.6 Å². The highest BCUT2D eigenvalue weighted by Crippen LogP contribution is 2.72. The predicted molar refractivity (Wildman–Crippen MR) is 128 cm³/mol. The molecule has 2 heteroatoms. The molecule has 1 spiro atoms. The van der Waals surface area contributed by atoms with Crippen LogP contribution in [-0.4, -0.2) is 22.9 Å². The van der Waals surface area contributed by atoms with Crippen LogP contribution in [0.4, 0.5) is 0 Å². The number of hydrogen-bond donors (Lipinski definition) is 2. The Morgan fingerprint density at radius 3 is 2.42 bits per heavy atom. The first kappa shape index (κ1) is 22.5. The molecule has 0 saturated heterocycles. The molecule has 5 aliphatic rings. The third-order valence-electron chi connectivity index (χ3n) is 11.6. The topological polar surface area (TPSA) is 40.5 Å². The molecular weight excluding hydrogens is 380 g/mol. The highest BCUT2D eigenvalue weighted by atomic mass is 16.3. The van der Waals surface area contributed by atoms with Gasteiger partial charge in [-0.05, 0) is 111 Å². The van der Waals surface area contributed by atoms with Gasteiger partial charge in [0.1, 0.15) is 0 Å². The molecule has 0 radical (unpaired) electrons. The Bertz CT molecular complexity index is 706. The van der Waals surface area contributed by atoms with E-state index in [-0.39, 0.29) is 11.5 Å². The number of fused-ring (bicyclic) bond motifs is 6. The minimum absolute atomic E-state index is 0.0794. The molecule has 0 aromatic heterocycles. The lowest BCUT2D eigenvalue weighted by molar-refractivity contribution is -0.0729. The molecule has 31 heavy (non-hydrogen) atoms. The summed E-state index contributed by atoms with van der Waals surface area (Å²) < 4.78 is 0. The first-order chi connectivity index (χ1) is 14.8. The summed E-state index contributed by atoms with van der Waals surface area (Å²) >= 11 is 0. The summed E-state index contributed by atoms with van der Waals surface area (Å²) in [6, 6.07) is 0. The van der Waals surface area contributed by atoms with E-state index >= 15 is 0 Å². The number of allylic oxidation sites excluding steroid dienone is 1. The van der Waals surface area contributed by atoms with Crippen LogP contribution in [-0.2, 0) is 0 Å². The normalized spacial score (nSPS) is 46.3. The third kappa shape index (κ3) is 3.32. The molecule has 4 fully saturated rings. The Morgan fingerprint density at radius 2 is 1.74 bits per heavy atom. The van der Waals surface area contributed by atoms with Gasteiger partial charge in [-0.3, -0.25) is 0 Å². The van der Waals surface area contributed by atoms with E-state index in [9.17, 15) is 10.2 Å². The Hall–Kier alpha value is -0.340. The molecule has 4 saturated carbocycles. The van der Waals surface area contributed by atoms with Crippen molar-refractivity contribution in [3.8, 4) is 0 Å². The fourth-order valence-corrected chi connectivity index (χ4v) is 9.84. The molecule has 5 rings (SSSR count). The molecule has 0 bridgehead atoms. The van der Waals surface area contributed by atoms with Gasteiger partial charge in [-0.25, -0.2) is 0 Å². The first-order valence-electron chi connectivity index (χ1n) is 13.8. The smallest absolute Gasteiger partial charge is 0.0634 e. The summed E-state index contributed by atoms with van der Waals surface area (Å²) in [7, 11) is 0. The fraction of sp³-hybridized carbons (Fsp3) is 0.931. The van der Waals surface area contributed by atoms with Crippen LogP contribution in [0.25, 0.3) is 0 Å². The van der Waals surface area contributed by atoms with Crippen LogP contribution in [0, 0.1) is 51.8 Å². The molecule has 2 N–H and O–H groups in total. The minimum Gasteiger partial charge on any atom is -0.396 e. The van der Waals surface area contributed by atoms with E-state index in [2.05, 4.69) is 33.8 Å². The molecule has 0 unspecified atom stereocenters. The third-order valence-corrected chi connectivity index (χ3v) is 11.6. The van der Waals surface area contributed by atoms with Crippen molar-refractivity contribution in [1.82, 2.24) is 0 Å². The lowest BCUT2D eigenvalue weighted by Crippen LogP contribution is -2.53. The van der Waals surface area contributed by atoms with E-state index in [1.807, 2.05) is 0 Å². The number of hydrogen-bond acceptors (Lipinski definition) is 2. The van der Waals surface area contributed by atoms with Crippen LogP contribution in [0.2, 0.25) is 0 Å². The highest BCUT2D eigenvalue weighted by molar-refractivity contribution is 5.36. The van der Waals surface area contributed by atoms with Gasteiger partial charge in [-0.1, -0.05) is 52.2 Å². The standard InChI is InChI=1S/C29H48O2/c1-19(2)6-5-7-20(18-30)22-9-10-23-21-8-11-25-28(4,24(21)12-14-27(22,23)3)15-13-26(31)29(25)16-17-29/h11,19-24,26,30-31H,5-10,12-18H2,1-4H3/t20-,21-,22+,23-,24-,26+,27+,28+/m0/s1. The van der Waals surface area contributed by atoms with Gasteiger partial charge in [0.25, 0.3) is 0 Å². The summed E-state index contributed by atoms with van der Waals surface area (Å²) in [5, 5.41) is 21.1. The van der Waals surface area contributed by atoms with Crippen LogP contribution in [0.15, 0.2) is 11.6 Å². The van der Waals surface area contributed by atoms with Crippen molar-refractivity contribution >= 4 is 0 Å². The molecule has 0 amide bonds. The van der Waals surface area contributed by atoms with E-state index in [1.54, 1.807) is 5.57 Å². The second-order valence-electron chi connectivity index (χ2n) is 13.4. The van der Waals surface area contributed by atoms with E-state index in [0.29, 0.717) is 23.4 Å². The van der Waals surface area contributed by atoms with Crippen LogP contribution in [0.1, 0.15) is 105 Å². The van der Waals surface area contributed by atoms with Crippen molar-refractivity contribution in [1.29, 1.82) is 0 Å². The molecule has 0 aliphatic heterocycles. The van der Waals surface area contributed by atoms with Gasteiger partial charge in [0.05, 0.1) is 6.10 Å². The van der Waals surface area contributed by atoms with Crippen LogP contribution >= 0.6 is 0 Å². The monoisotopic (exact) mass is 428 g/mol. The van der Waals surface area contributed by atoms with E-state index in [4.69, 9.17) is 0 Å². The second-order valence-corrected chi connectivity index (χ2v) is 13.4. The fourth-order valence-electron chi connectivity index (χ4n) is 9.84. The lowest BCUT2D eigenvalue weighted by atomic mass is 9.45. The lowest BCUT2D eigenvalue weighted by Gasteiger charge is -2.60. The predicted octanol–water partition coefficient (Wildman–Crippen LogP) is 6.75. The van der Waals surface area contributed by atoms with Crippen molar-refractivity contribution in [2.75, 3.05) is 6.61 Å². The zero-order valence-corrected chi connectivity index (χ0v) is 20.7. The van der Waals surface area contributed by atoms with Crippen molar-refractivity contribution in [2.24, 2.45) is 51.8 Å². The summed E-state index contributed by atoms with van der Waals surface area (Å²) in [4.78, 5) is 0. The van der Waals surface area contributed by atoms with Crippen LogP contribution in [0.3, 0.4) is 0 Å². The van der Waals surface area contributed by atoms with Crippen LogP contribution < -0.4 is 0 Å². The SMILES string of the molecule is CC(C)CCC[C@@H](CO)[C@H]1CC[C@H]2[C@@H]3CC=C4C5(CC5)[C@H](O)CC[C@]4(C)[C@H]3CC[C@]12C. The molecule has 0 heterocycles. The van der Waals surface area contributed by atoms with E-state index in [0.717, 1.165) is 36.0 Å². The van der Waals surface area contributed by atoms with Gasteiger partial charge in [-0.15, -0.1) is 0 Å². The van der Waals surface area contributed by atoms with Crippen LogP contribution in [0.5, 0.6) is 0 Å². The van der Waals surface area contributed by atoms with Crippen molar-refractivity contribution in [3.63, 3.8) is 0 Å². The molecule has 0 aromatic rings. The van der Waals surface area contributed by atoms with Gasteiger partial charge in [0.15, 0.2) is 0 Å². The molecule has 8 atom stereocenters. The van der Waals surface area contributed by atoms with Crippen molar-refractivity contribution < 1.29 is 10.2 Å². The Labute approximate surface area is 191 Å². The maximum absolute atomic E-state index is 10.8. The Morgan fingerprint density at radius 1 is 0.968 bits per heavy atom. The number of rotatable bonds is 6. The molecule has 5 aliphatic carbocycles. The van der Waals surface area contributed by atoms with Gasteiger partial charge in [0.2, 0.25) is 0 Å². The highest BCUT2D eigenvalue weighted by Gasteiger charge is 2.65. The maximum atomic E-state index is 10.8. The molecule has 0 aromatic carbocycles. The molecule has 2 nitrogen and oxygen atoms in total. The zero-order chi connectivity index (χ0) is 22.0. The quantitative estimate of drug-likeness (QED) is 0.459. The second kappa shape index (κ2) is 7.86. The summed E-state index contributed by atoms with van der Waals surface area (Å²) in [6.45, 7) is 10.2. The van der Waals surface area contributed by atoms with Gasteiger partial charge < -0.3 is 10.2 Å². The number of aliphatic hydroxyl groups excluding tert-OH is 2. The largest absolute Gasteiger partial charge is 0.396 e. The zero-order valence-electron chi connectivity index (χ0n) is 20.7.